The predicted octanol–water partition coefficient (Wildman–Crippen LogP) is 15.2. The van der Waals surface area contributed by atoms with Gasteiger partial charge in [0.2, 0.25) is 5.95 Å². The first-order valence-electron chi connectivity index (χ1n) is 24.3. The first-order valence-corrected chi connectivity index (χ1v) is 24.3. The fourth-order valence-corrected chi connectivity index (χ4v) is 12.1. The van der Waals surface area contributed by atoms with E-state index in [9.17, 15) is 0 Å². The second kappa shape index (κ2) is 15.1. The highest BCUT2D eigenvalue weighted by molar-refractivity contribution is 6.19. The van der Waals surface area contributed by atoms with E-state index in [0.29, 0.717) is 17.6 Å². The Morgan fingerprint density at radius 2 is 1.00 bits per heavy atom. The molecule has 5 heterocycles. The van der Waals surface area contributed by atoms with Crippen molar-refractivity contribution >= 4 is 60.2 Å². The second-order valence-corrected chi connectivity index (χ2v) is 18.6. The molecule has 7 heteroatoms. The van der Waals surface area contributed by atoms with Gasteiger partial charge in [-0.3, -0.25) is 9.13 Å². The number of fused-ring (bicyclic) bond motifs is 15. The highest BCUT2D eigenvalue weighted by atomic mass is 15.2. The number of hydrogen-bond donors (Lipinski definition) is 0. The lowest BCUT2D eigenvalue weighted by Gasteiger charge is -2.28. The van der Waals surface area contributed by atoms with Crippen molar-refractivity contribution in [1.29, 1.82) is 0 Å². The van der Waals surface area contributed by atoms with Crippen molar-refractivity contribution < 1.29 is 0 Å². The molecule has 72 heavy (non-hydrogen) atoms. The maximum absolute atomic E-state index is 5.63. The Hall–Kier alpha value is -9.72. The molecule has 7 nitrogen and oxygen atoms in total. The van der Waals surface area contributed by atoms with Gasteiger partial charge in [-0.25, -0.2) is 9.97 Å². The molecule has 15 rings (SSSR count). The number of benzene rings is 9. The maximum Gasteiger partial charge on any atom is 0.238 e. The van der Waals surface area contributed by atoms with Crippen LogP contribution in [0.3, 0.4) is 0 Å². The van der Waals surface area contributed by atoms with Gasteiger partial charge in [-0.1, -0.05) is 183 Å². The van der Waals surface area contributed by atoms with E-state index >= 15 is 0 Å². The van der Waals surface area contributed by atoms with Gasteiger partial charge in [0.25, 0.3) is 0 Å². The van der Waals surface area contributed by atoms with E-state index < -0.39 is 5.41 Å². The van der Waals surface area contributed by atoms with E-state index in [0.717, 1.165) is 105 Å². The predicted molar refractivity (Wildman–Crippen MR) is 293 cm³/mol. The van der Waals surface area contributed by atoms with Crippen molar-refractivity contribution in [3.05, 3.63) is 266 Å². The van der Waals surface area contributed by atoms with Gasteiger partial charge >= 0.3 is 0 Å². The van der Waals surface area contributed by atoms with Crippen molar-refractivity contribution in [1.82, 2.24) is 33.6 Å². The van der Waals surface area contributed by atoms with Crippen LogP contribution in [-0.4, -0.2) is 33.6 Å². The smallest absolute Gasteiger partial charge is 0.238 e. The van der Waals surface area contributed by atoms with Crippen LogP contribution in [0.15, 0.2) is 243 Å². The molecule has 0 fully saturated rings. The van der Waals surface area contributed by atoms with Gasteiger partial charge in [0.1, 0.15) is 11.2 Å². The number of hydrogen-bond acceptors (Lipinski definition) is 4. The number of aromatic nitrogens is 7. The molecule has 1 atom stereocenters. The Labute approximate surface area is 414 Å². The lowest BCUT2D eigenvalue weighted by Crippen LogP contribution is -2.27. The Kier molecular flexibility index (Phi) is 8.45. The fourth-order valence-electron chi connectivity index (χ4n) is 12.1. The average molecular weight is 920 g/mol. The third-order valence-electron chi connectivity index (χ3n) is 15.1. The molecular formula is C65H41N7. The van der Waals surface area contributed by atoms with Crippen LogP contribution >= 0.6 is 0 Å². The molecular weight excluding hydrogens is 879 g/mol. The van der Waals surface area contributed by atoms with Crippen LogP contribution in [0.5, 0.6) is 0 Å². The summed E-state index contributed by atoms with van der Waals surface area (Å²) in [6, 6.07) is 75.2. The number of rotatable bonds is 7. The van der Waals surface area contributed by atoms with Crippen LogP contribution in [0.25, 0.3) is 111 Å². The topological polar surface area (TPSA) is 66.3 Å². The summed E-state index contributed by atoms with van der Waals surface area (Å²) in [5, 5.41) is 4.46. The molecule has 0 radical (unpaired) electrons. The van der Waals surface area contributed by atoms with Gasteiger partial charge in [0, 0.05) is 43.9 Å². The second-order valence-electron chi connectivity index (χ2n) is 18.6. The number of para-hydroxylation sites is 4. The molecule has 1 aliphatic heterocycles. The average Bonchev–Trinajstić information content (AvgIpc) is 4.23. The van der Waals surface area contributed by atoms with E-state index in [1.54, 1.807) is 0 Å². The molecule has 0 amide bonds. The van der Waals surface area contributed by atoms with Gasteiger partial charge in [-0.15, -0.1) is 0 Å². The van der Waals surface area contributed by atoms with Gasteiger partial charge in [-0.2, -0.15) is 9.97 Å². The van der Waals surface area contributed by atoms with Crippen molar-refractivity contribution in [2.45, 2.75) is 5.41 Å². The summed E-state index contributed by atoms with van der Waals surface area (Å²) >= 11 is 0. The number of allylic oxidation sites excluding steroid dienone is 4. The van der Waals surface area contributed by atoms with Crippen molar-refractivity contribution in [2.75, 3.05) is 0 Å². The molecule has 13 aromatic rings. The van der Waals surface area contributed by atoms with Crippen LogP contribution < -0.4 is 0 Å². The van der Waals surface area contributed by atoms with E-state index in [1.165, 1.54) is 16.5 Å². The Morgan fingerprint density at radius 3 is 1.74 bits per heavy atom. The van der Waals surface area contributed by atoms with Gasteiger partial charge in [0.15, 0.2) is 11.6 Å². The molecule has 336 valence electrons. The largest absolute Gasteiger partial charge is 0.309 e. The standard InChI is InChI=1S/C65H41N7/c1-3-44-46-27-14-16-30-52(46)65(51(44)4-2)53-31-17-19-34-57(53)72-60-45(29-20-32-54(60)66-63(65)72)42-35-36-56-48(37-42)50-39-58-49(47-28-15-18-33-55(47)70(58)43-25-12-7-13-26-43)38-59(50)71(56)64-68-61(40-21-8-5-9-22-40)67-62(69-64)41-23-10-6-11-24-41/h3-39H,1-2H2. The summed E-state index contributed by atoms with van der Waals surface area (Å²) in [6.07, 6.45) is 3.99. The zero-order valence-electron chi connectivity index (χ0n) is 38.9. The Morgan fingerprint density at radius 1 is 0.403 bits per heavy atom. The normalized spacial score (nSPS) is 14.8. The monoisotopic (exact) mass is 919 g/mol. The van der Waals surface area contributed by atoms with E-state index in [4.69, 9.17) is 19.9 Å². The summed E-state index contributed by atoms with van der Waals surface area (Å²) in [5.74, 6) is 2.71. The molecule has 2 aliphatic rings. The lowest BCUT2D eigenvalue weighted by molar-refractivity contribution is 0.732. The summed E-state index contributed by atoms with van der Waals surface area (Å²) in [4.78, 5) is 21.4. The minimum atomic E-state index is -0.670. The molecule has 9 aromatic carbocycles. The van der Waals surface area contributed by atoms with Gasteiger partial charge < -0.3 is 4.57 Å². The third-order valence-corrected chi connectivity index (χ3v) is 15.1. The van der Waals surface area contributed by atoms with E-state index in [-0.39, 0.29) is 0 Å². The first kappa shape index (κ1) is 40.2. The van der Waals surface area contributed by atoms with Crippen LogP contribution in [0.1, 0.15) is 22.5 Å². The molecule has 0 bridgehead atoms. The first-order chi connectivity index (χ1) is 35.6. The minimum Gasteiger partial charge on any atom is -0.309 e. The van der Waals surface area contributed by atoms with Crippen molar-refractivity contribution in [3.8, 4) is 51.2 Å². The van der Waals surface area contributed by atoms with Crippen molar-refractivity contribution in [3.63, 3.8) is 0 Å². The summed E-state index contributed by atoms with van der Waals surface area (Å²) in [7, 11) is 0. The van der Waals surface area contributed by atoms with Crippen LogP contribution in [0.2, 0.25) is 0 Å². The fraction of sp³-hybridized carbons (Fsp3) is 0.0154. The molecule has 1 spiro atoms. The van der Waals surface area contributed by atoms with Crippen LogP contribution in [0.4, 0.5) is 0 Å². The summed E-state index contributed by atoms with van der Waals surface area (Å²) < 4.78 is 7.02. The molecule has 4 aromatic heterocycles. The highest BCUT2D eigenvalue weighted by Gasteiger charge is 2.54. The number of imidazole rings is 1. The van der Waals surface area contributed by atoms with Gasteiger partial charge in [-0.05, 0) is 88.0 Å². The Bertz CT molecular complexity index is 4420. The Balaban J connectivity index is 1.04. The molecule has 0 N–H and O–H groups in total. The zero-order valence-corrected chi connectivity index (χ0v) is 38.9. The highest BCUT2D eigenvalue weighted by Crippen LogP contribution is 2.60. The summed E-state index contributed by atoms with van der Waals surface area (Å²) in [5.41, 5.74) is 17.4. The molecule has 1 unspecified atom stereocenters. The quantitative estimate of drug-likeness (QED) is 0.160. The van der Waals surface area contributed by atoms with Crippen LogP contribution in [0, 0.1) is 0 Å². The molecule has 0 saturated carbocycles. The maximum atomic E-state index is 5.63. The SMILES string of the molecule is C=CC1=C(C=C)C2(c3ccccc31)c1ccccc1-n1c2nc2cccc(-c3ccc4c(c3)c3cc5c(cc3n4-c3nc(-c4ccccc4)nc(-c4ccccc4)n3)c3ccccc3n5-c3ccccc3)c21. The number of nitrogens with zero attached hydrogens (tertiary/aromatic N) is 7. The summed E-state index contributed by atoms with van der Waals surface area (Å²) in [6.45, 7) is 8.73. The van der Waals surface area contributed by atoms with Crippen LogP contribution in [-0.2, 0) is 5.41 Å². The lowest BCUT2D eigenvalue weighted by atomic mass is 9.72. The van der Waals surface area contributed by atoms with Gasteiger partial charge in [0.05, 0.1) is 38.8 Å². The molecule has 1 aliphatic carbocycles. The van der Waals surface area contributed by atoms with E-state index in [2.05, 4.69) is 203 Å². The zero-order chi connectivity index (χ0) is 47.7. The molecule has 0 saturated heterocycles. The third kappa shape index (κ3) is 5.39. The van der Waals surface area contributed by atoms with Crippen molar-refractivity contribution in [2.24, 2.45) is 0 Å². The minimum absolute atomic E-state index is 0.543. The van der Waals surface area contributed by atoms with E-state index in [1.807, 2.05) is 48.6 Å².